The Balaban J connectivity index is 1.99. The molecule has 2 heteroatoms. The standard InChI is InChI=1S/C19H32N2/c1-4-15-20-19(5-2)16-11-13-18(14-12-16)21(3)17-9-7-6-8-10-17/h11-14,17,19-20H,4-10,15H2,1-3H3. The van der Waals surface area contributed by atoms with E-state index in [1.54, 1.807) is 0 Å². The Morgan fingerprint density at radius 1 is 1.10 bits per heavy atom. The number of anilines is 1. The van der Waals surface area contributed by atoms with Gasteiger partial charge in [0.15, 0.2) is 0 Å². The zero-order valence-corrected chi connectivity index (χ0v) is 14.1. The summed E-state index contributed by atoms with van der Waals surface area (Å²) >= 11 is 0. The summed E-state index contributed by atoms with van der Waals surface area (Å²) in [5, 5.41) is 3.63. The van der Waals surface area contributed by atoms with Gasteiger partial charge < -0.3 is 10.2 Å². The largest absolute Gasteiger partial charge is 0.372 e. The molecule has 21 heavy (non-hydrogen) atoms. The molecule has 1 saturated carbocycles. The SMILES string of the molecule is CCCNC(CC)c1ccc(N(C)C2CCCCC2)cc1. The molecule has 0 heterocycles. The van der Waals surface area contributed by atoms with Crippen LogP contribution in [0.3, 0.4) is 0 Å². The van der Waals surface area contributed by atoms with Crippen LogP contribution in [0.4, 0.5) is 5.69 Å². The third kappa shape index (κ3) is 4.47. The van der Waals surface area contributed by atoms with Crippen LogP contribution in [-0.2, 0) is 0 Å². The highest BCUT2D eigenvalue weighted by molar-refractivity contribution is 5.48. The van der Waals surface area contributed by atoms with Crippen molar-refractivity contribution in [2.24, 2.45) is 0 Å². The van der Waals surface area contributed by atoms with Gasteiger partial charge in [-0.2, -0.15) is 0 Å². The molecule has 2 rings (SSSR count). The Kier molecular flexibility index (Phi) is 6.56. The third-order valence-corrected chi connectivity index (χ3v) is 4.87. The van der Waals surface area contributed by atoms with E-state index in [4.69, 9.17) is 0 Å². The molecule has 1 aliphatic carbocycles. The van der Waals surface area contributed by atoms with Gasteiger partial charge in [-0.3, -0.25) is 0 Å². The minimum atomic E-state index is 0.499. The average Bonchev–Trinajstić information content (AvgIpc) is 2.56. The minimum Gasteiger partial charge on any atom is -0.372 e. The van der Waals surface area contributed by atoms with Crippen LogP contribution in [0.15, 0.2) is 24.3 Å². The molecule has 2 nitrogen and oxygen atoms in total. The molecule has 1 aliphatic rings. The maximum atomic E-state index is 3.63. The first-order chi connectivity index (χ1) is 10.3. The zero-order valence-electron chi connectivity index (χ0n) is 14.1. The van der Waals surface area contributed by atoms with Crippen molar-refractivity contribution in [3.8, 4) is 0 Å². The Bertz CT molecular complexity index is 393. The molecular formula is C19H32N2. The van der Waals surface area contributed by atoms with E-state index in [1.807, 2.05) is 0 Å². The number of nitrogens with one attached hydrogen (secondary N) is 1. The predicted molar refractivity (Wildman–Crippen MR) is 93.0 cm³/mol. The van der Waals surface area contributed by atoms with Gasteiger partial charge in [-0.15, -0.1) is 0 Å². The Morgan fingerprint density at radius 3 is 2.33 bits per heavy atom. The summed E-state index contributed by atoms with van der Waals surface area (Å²) < 4.78 is 0. The second-order valence-electron chi connectivity index (χ2n) is 6.41. The van der Waals surface area contributed by atoms with Gasteiger partial charge in [0.2, 0.25) is 0 Å². The molecule has 0 aromatic heterocycles. The van der Waals surface area contributed by atoms with Crippen LogP contribution in [0, 0.1) is 0 Å². The number of hydrogen-bond acceptors (Lipinski definition) is 2. The van der Waals surface area contributed by atoms with E-state index in [1.165, 1.54) is 49.8 Å². The van der Waals surface area contributed by atoms with Crippen LogP contribution in [-0.4, -0.2) is 19.6 Å². The van der Waals surface area contributed by atoms with Gasteiger partial charge >= 0.3 is 0 Å². The van der Waals surface area contributed by atoms with E-state index in [2.05, 4.69) is 55.4 Å². The normalized spacial score (nSPS) is 17.7. The smallest absolute Gasteiger partial charge is 0.0366 e. The summed E-state index contributed by atoms with van der Waals surface area (Å²) in [5.41, 5.74) is 2.79. The molecule has 1 fully saturated rings. The van der Waals surface area contributed by atoms with Gasteiger partial charge in [-0.1, -0.05) is 45.2 Å². The van der Waals surface area contributed by atoms with E-state index < -0.39 is 0 Å². The number of nitrogens with zero attached hydrogens (tertiary/aromatic N) is 1. The lowest BCUT2D eigenvalue weighted by atomic mass is 9.94. The van der Waals surface area contributed by atoms with Crippen molar-refractivity contribution in [1.82, 2.24) is 5.32 Å². The highest BCUT2D eigenvalue weighted by atomic mass is 15.1. The molecule has 118 valence electrons. The van der Waals surface area contributed by atoms with Crippen molar-refractivity contribution in [1.29, 1.82) is 0 Å². The van der Waals surface area contributed by atoms with Crippen LogP contribution in [0.2, 0.25) is 0 Å². The lowest BCUT2D eigenvalue weighted by molar-refractivity contribution is 0.427. The van der Waals surface area contributed by atoms with Crippen LogP contribution < -0.4 is 10.2 Å². The maximum Gasteiger partial charge on any atom is 0.0366 e. The van der Waals surface area contributed by atoms with E-state index in [0.29, 0.717) is 6.04 Å². The molecule has 1 unspecified atom stereocenters. The van der Waals surface area contributed by atoms with Gasteiger partial charge in [0.1, 0.15) is 0 Å². The second-order valence-corrected chi connectivity index (χ2v) is 6.41. The fourth-order valence-electron chi connectivity index (χ4n) is 3.44. The molecule has 1 aromatic carbocycles. The molecule has 0 amide bonds. The van der Waals surface area contributed by atoms with Crippen molar-refractivity contribution in [2.75, 3.05) is 18.5 Å². The molecule has 1 aromatic rings. The Hall–Kier alpha value is -1.02. The quantitative estimate of drug-likeness (QED) is 0.767. The highest BCUT2D eigenvalue weighted by Gasteiger charge is 2.18. The first-order valence-electron chi connectivity index (χ1n) is 8.82. The van der Waals surface area contributed by atoms with Gasteiger partial charge in [-0.05, 0) is 49.9 Å². The van der Waals surface area contributed by atoms with Crippen molar-refractivity contribution < 1.29 is 0 Å². The molecule has 0 aliphatic heterocycles. The summed E-state index contributed by atoms with van der Waals surface area (Å²) in [6.45, 7) is 5.58. The molecule has 0 spiro atoms. The van der Waals surface area contributed by atoms with Crippen LogP contribution >= 0.6 is 0 Å². The van der Waals surface area contributed by atoms with Crippen LogP contribution in [0.25, 0.3) is 0 Å². The van der Waals surface area contributed by atoms with Crippen LogP contribution in [0.1, 0.15) is 70.4 Å². The average molecular weight is 288 g/mol. The summed E-state index contributed by atoms with van der Waals surface area (Å²) in [6.07, 6.45) is 9.26. The number of hydrogen-bond donors (Lipinski definition) is 1. The van der Waals surface area contributed by atoms with Crippen LogP contribution in [0.5, 0.6) is 0 Å². The molecule has 0 radical (unpaired) electrons. The number of benzene rings is 1. The topological polar surface area (TPSA) is 15.3 Å². The van der Waals surface area contributed by atoms with E-state index >= 15 is 0 Å². The zero-order chi connectivity index (χ0) is 15.1. The summed E-state index contributed by atoms with van der Waals surface area (Å²) in [6, 6.07) is 10.5. The third-order valence-electron chi connectivity index (χ3n) is 4.87. The number of rotatable bonds is 7. The van der Waals surface area contributed by atoms with E-state index in [0.717, 1.165) is 19.0 Å². The van der Waals surface area contributed by atoms with Crippen molar-refractivity contribution in [2.45, 2.75) is 70.9 Å². The summed E-state index contributed by atoms with van der Waals surface area (Å²) in [5.74, 6) is 0. The minimum absolute atomic E-state index is 0.499. The fraction of sp³-hybridized carbons (Fsp3) is 0.684. The second kappa shape index (κ2) is 8.43. The lowest BCUT2D eigenvalue weighted by Crippen LogP contribution is -2.33. The summed E-state index contributed by atoms with van der Waals surface area (Å²) in [7, 11) is 2.26. The van der Waals surface area contributed by atoms with Gasteiger partial charge in [0, 0.05) is 24.8 Å². The maximum absolute atomic E-state index is 3.63. The first-order valence-corrected chi connectivity index (χ1v) is 8.82. The van der Waals surface area contributed by atoms with Crippen molar-refractivity contribution in [3.05, 3.63) is 29.8 Å². The Morgan fingerprint density at radius 2 is 1.76 bits per heavy atom. The Labute approximate surface area is 130 Å². The highest BCUT2D eigenvalue weighted by Crippen LogP contribution is 2.27. The van der Waals surface area contributed by atoms with Gasteiger partial charge in [0.05, 0.1) is 0 Å². The molecule has 0 bridgehead atoms. The van der Waals surface area contributed by atoms with E-state index in [-0.39, 0.29) is 0 Å². The molecule has 0 saturated heterocycles. The molecular weight excluding hydrogens is 256 g/mol. The van der Waals surface area contributed by atoms with Crippen molar-refractivity contribution >= 4 is 5.69 Å². The van der Waals surface area contributed by atoms with Crippen molar-refractivity contribution in [3.63, 3.8) is 0 Å². The lowest BCUT2D eigenvalue weighted by Gasteiger charge is -2.33. The molecule has 1 N–H and O–H groups in total. The van der Waals surface area contributed by atoms with E-state index in [9.17, 15) is 0 Å². The van der Waals surface area contributed by atoms with Gasteiger partial charge in [-0.25, -0.2) is 0 Å². The molecule has 1 atom stereocenters. The summed E-state index contributed by atoms with van der Waals surface area (Å²) in [4.78, 5) is 2.49. The monoisotopic (exact) mass is 288 g/mol. The fourth-order valence-corrected chi connectivity index (χ4v) is 3.44. The van der Waals surface area contributed by atoms with Gasteiger partial charge in [0.25, 0.3) is 0 Å². The first kappa shape index (κ1) is 16.4. The predicted octanol–water partition coefficient (Wildman–Crippen LogP) is 4.91.